The van der Waals surface area contributed by atoms with Gasteiger partial charge in [0.25, 0.3) is 5.91 Å². The number of benzene rings is 2. The van der Waals surface area contributed by atoms with Crippen LogP contribution in [0.3, 0.4) is 0 Å². The largest absolute Gasteiger partial charge is 0.508 e. The van der Waals surface area contributed by atoms with E-state index in [-0.39, 0.29) is 24.0 Å². The Labute approximate surface area is 129 Å². The average molecular weight is 298 g/mol. The fourth-order valence-electron chi connectivity index (χ4n) is 2.04. The number of nitrogens with one attached hydrogen (secondary N) is 2. The Kier molecular flexibility index (Phi) is 5.14. The molecule has 2 aromatic carbocycles. The Morgan fingerprint density at radius 3 is 2.36 bits per heavy atom. The zero-order valence-corrected chi connectivity index (χ0v) is 12.3. The van der Waals surface area contributed by atoms with Gasteiger partial charge in [-0.25, -0.2) is 0 Å². The van der Waals surface area contributed by atoms with Gasteiger partial charge in [0.05, 0.1) is 0 Å². The van der Waals surface area contributed by atoms with Crippen LogP contribution in [-0.4, -0.2) is 24.0 Å². The number of amides is 2. The lowest BCUT2D eigenvalue weighted by molar-refractivity contribution is -0.116. The quantitative estimate of drug-likeness (QED) is 0.792. The third-order valence-electron chi connectivity index (χ3n) is 3.27. The lowest BCUT2D eigenvalue weighted by atomic mass is 10.1. The number of hydrogen-bond acceptors (Lipinski definition) is 3. The van der Waals surface area contributed by atoms with Crippen LogP contribution in [0.5, 0.6) is 5.75 Å². The van der Waals surface area contributed by atoms with Crippen LogP contribution < -0.4 is 10.6 Å². The molecule has 0 aromatic heterocycles. The lowest BCUT2D eigenvalue weighted by Gasteiger charge is -2.07. The Morgan fingerprint density at radius 1 is 1.05 bits per heavy atom. The van der Waals surface area contributed by atoms with E-state index in [1.54, 1.807) is 49.5 Å². The van der Waals surface area contributed by atoms with E-state index in [2.05, 4.69) is 10.6 Å². The number of carbonyl (C=O) groups excluding carboxylic acids is 2. The molecule has 0 heterocycles. The minimum atomic E-state index is -0.169. The van der Waals surface area contributed by atoms with Crippen molar-refractivity contribution in [1.82, 2.24) is 5.32 Å². The van der Waals surface area contributed by atoms with Crippen LogP contribution in [0.25, 0.3) is 0 Å². The Balaban J connectivity index is 1.89. The van der Waals surface area contributed by atoms with Gasteiger partial charge in [0.15, 0.2) is 0 Å². The van der Waals surface area contributed by atoms with Crippen molar-refractivity contribution in [2.75, 3.05) is 12.4 Å². The van der Waals surface area contributed by atoms with Gasteiger partial charge in [-0.1, -0.05) is 18.2 Å². The van der Waals surface area contributed by atoms with Gasteiger partial charge in [-0.05, 0) is 42.3 Å². The molecular weight excluding hydrogens is 280 g/mol. The highest BCUT2D eigenvalue weighted by molar-refractivity contribution is 5.95. The van der Waals surface area contributed by atoms with Crippen molar-refractivity contribution in [3.8, 4) is 5.75 Å². The van der Waals surface area contributed by atoms with Crippen molar-refractivity contribution in [2.24, 2.45) is 0 Å². The second-order valence-electron chi connectivity index (χ2n) is 4.83. The van der Waals surface area contributed by atoms with Crippen LogP contribution in [0.2, 0.25) is 0 Å². The molecule has 0 fully saturated rings. The van der Waals surface area contributed by atoms with Crippen molar-refractivity contribution in [1.29, 1.82) is 0 Å². The van der Waals surface area contributed by atoms with E-state index in [0.717, 1.165) is 5.56 Å². The fourth-order valence-corrected chi connectivity index (χ4v) is 2.04. The van der Waals surface area contributed by atoms with Gasteiger partial charge in [-0.3, -0.25) is 9.59 Å². The van der Waals surface area contributed by atoms with Crippen molar-refractivity contribution in [3.05, 3.63) is 59.7 Å². The second-order valence-corrected chi connectivity index (χ2v) is 4.83. The first-order chi connectivity index (χ1) is 10.6. The van der Waals surface area contributed by atoms with Gasteiger partial charge < -0.3 is 15.7 Å². The number of phenolic OH excluding ortho intramolecular Hbond substituents is 1. The molecule has 0 aliphatic heterocycles. The van der Waals surface area contributed by atoms with Crippen molar-refractivity contribution in [3.63, 3.8) is 0 Å². The average Bonchev–Trinajstić information content (AvgIpc) is 2.54. The number of carbonyl (C=O) groups is 2. The molecular formula is C17H18N2O3. The van der Waals surface area contributed by atoms with Gasteiger partial charge in [0.2, 0.25) is 5.91 Å². The van der Waals surface area contributed by atoms with Crippen LogP contribution in [0, 0.1) is 0 Å². The third kappa shape index (κ3) is 4.09. The van der Waals surface area contributed by atoms with E-state index in [0.29, 0.717) is 17.7 Å². The summed E-state index contributed by atoms with van der Waals surface area (Å²) in [5.41, 5.74) is 1.91. The zero-order valence-electron chi connectivity index (χ0n) is 12.3. The summed E-state index contributed by atoms with van der Waals surface area (Å²) in [5, 5.41) is 14.9. The van der Waals surface area contributed by atoms with Crippen LogP contribution >= 0.6 is 0 Å². The van der Waals surface area contributed by atoms with Crippen LogP contribution in [0.15, 0.2) is 48.5 Å². The van der Waals surface area contributed by atoms with E-state index in [1.165, 1.54) is 0 Å². The summed E-state index contributed by atoms with van der Waals surface area (Å²) >= 11 is 0. The summed E-state index contributed by atoms with van der Waals surface area (Å²) in [4.78, 5) is 23.3. The molecule has 114 valence electrons. The van der Waals surface area contributed by atoms with Crippen LogP contribution in [-0.2, 0) is 11.2 Å². The monoisotopic (exact) mass is 298 g/mol. The number of aryl methyl sites for hydroxylation is 1. The molecule has 5 nitrogen and oxygen atoms in total. The highest BCUT2D eigenvalue weighted by atomic mass is 16.3. The lowest BCUT2D eigenvalue weighted by Crippen LogP contribution is -2.18. The SMILES string of the molecule is CNC(=O)c1ccc(NC(=O)CCc2ccccc2O)cc1. The summed E-state index contributed by atoms with van der Waals surface area (Å²) in [6, 6.07) is 13.6. The highest BCUT2D eigenvalue weighted by Crippen LogP contribution is 2.17. The maximum absolute atomic E-state index is 11.9. The Morgan fingerprint density at radius 2 is 1.73 bits per heavy atom. The van der Waals surface area contributed by atoms with Crippen LogP contribution in [0.1, 0.15) is 22.3 Å². The van der Waals surface area contributed by atoms with E-state index >= 15 is 0 Å². The predicted octanol–water partition coefficient (Wildman–Crippen LogP) is 2.32. The molecule has 2 amide bonds. The molecule has 0 atom stereocenters. The number of hydrogen-bond donors (Lipinski definition) is 3. The molecule has 3 N–H and O–H groups in total. The summed E-state index contributed by atoms with van der Waals surface area (Å²) < 4.78 is 0. The normalized spacial score (nSPS) is 10.0. The van der Waals surface area contributed by atoms with Gasteiger partial charge in [0, 0.05) is 24.7 Å². The molecule has 22 heavy (non-hydrogen) atoms. The number of anilines is 1. The smallest absolute Gasteiger partial charge is 0.251 e. The standard InChI is InChI=1S/C17H18N2O3/c1-18-17(22)13-6-9-14(10-7-13)19-16(21)11-8-12-4-2-3-5-15(12)20/h2-7,9-10,20H,8,11H2,1H3,(H,18,22)(H,19,21). The summed E-state index contributed by atoms with van der Waals surface area (Å²) in [5.74, 6) is -0.112. The van der Waals surface area contributed by atoms with E-state index in [4.69, 9.17) is 0 Å². The van der Waals surface area contributed by atoms with E-state index in [9.17, 15) is 14.7 Å². The van der Waals surface area contributed by atoms with E-state index < -0.39 is 0 Å². The molecule has 0 aliphatic rings. The fraction of sp³-hybridized carbons (Fsp3) is 0.176. The molecule has 0 aliphatic carbocycles. The summed E-state index contributed by atoms with van der Waals surface area (Å²) in [6.07, 6.45) is 0.740. The first-order valence-corrected chi connectivity index (χ1v) is 6.99. The Hall–Kier alpha value is -2.82. The third-order valence-corrected chi connectivity index (χ3v) is 3.27. The minimum absolute atomic E-state index is 0.143. The van der Waals surface area contributed by atoms with Crippen LogP contribution in [0.4, 0.5) is 5.69 Å². The van der Waals surface area contributed by atoms with Crippen molar-refractivity contribution in [2.45, 2.75) is 12.8 Å². The summed E-state index contributed by atoms with van der Waals surface area (Å²) in [6.45, 7) is 0. The molecule has 2 aromatic rings. The number of phenols is 1. The molecule has 0 unspecified atom stereocenters. The molecule has 0 spiro atoms. The topological polar surface area (TPSA) is 78.4 Å². The second kappa shape index (κ2) is 7.26. The van der Waals surface area contributed by atoms with Gasteiger partial charge in [-0.15, -0.1) is 0 Å². The molecule has 0 radical (unpaired) electrons. The van der Waals surface area contributed by atoms with Gasteiger partial charge in [0.1, 0.15) is 5.75 Å². The molecule has 2 rings (SSSR count). The number of aromatic hydroxyl groups is 1. The first kappa shape index (κ1) is 15.6. The molecule has 0 bridgehead atoms. The number of rotatable bonds is 5. The zero-order chi connectivity index (χ0) is 15.9. The van der Waals surface area contributed by atoms with Gasteiger partial charge >= 0.3 is 0 Å². The molecule has 0 saturated heterocycles. The molecule has 0 saturated carbocycles. The van der Waals surface area contributed by atoms with E-state index in [1.807, 2.05) is 6.07 Å². The summed E-state index contributed by atoms with van der Waals surface area (Å²) in [7, 11) is 1.57. The first-order valence-electron chi connectivity index (χ1n) is 6.99. The predicted molar refractivity (Wildman–Crippen MR) is 84.9 cm³/mol. The number of para-hydroxylation sites is 1. The van der Waals surface area contributed by atoms with Gasteiger partial charge in [-0.2, -0.15) is 0 Å². The maximum atomic E-state index is 11.9. The van der Waals surface area contributed by atoms with Crippen molar-refractivity contribution < 1.29 is 14.7 Å². The Bertz CT molecular complexity index is 666. The maximum Gasteiger partial charge on any atom is 0.251 e. The van der Waals surface area contributed by atoms with Crippen molar-refractivity contribution >= 4 is 17.5 Å². The minimum Gasteiger partial charge on any atom is -0.508 e. The molecule has 5 heteroatoms. The highest BCUT2D eigenvalue weighted by Gasteiger charge is 2.07.